The maximum Gasteiger partial charge on any atom is 0.223 e. The minimum absolute atomic E-state index is 0.0906. The summed E-state index contributed by atoms with van der Waals surface area (Å²) in [5.74, 6) is 0.436. The Balaban J connectivity index is 1.81. The predicted molar refractivity (Wildman–Crippen MR) is 89.0 cm³/mol. The lowest BCUT2D eigenvalue weighted by atomic mass is 10.1. The number of ether oxygens (including phenoxy) is 1. The van der Waals surface area contributed by atoms with Gasteiger partial charge >= 0.3 is 0 Å². The second-order valence-corrected chi connectivity index (χ2v) is 5.71. The molecule has 122 valence electrons. The summed E-state index contributed by atoms with van der Waals surface area (Å²) in [6, 6.07) is 12.0. The van der Waals surface area contributed by atoms with Crippen LogP contribution in [0.1, 0.15) is 36.1 Å². The molecule has 0 aromatic heterocycles. The molecule has 0 aliphatic rings. The maximum atomic E-state index is 12.9. The Hall–Kier alpha value is -2.36. The molecule has 2 rings (SSSR count). The fourth-order valence-corrected chi connectivity index (χ4v) is 2.26. The van der Waals surface area contributed by atoms with Crippen LogP contribution in [0.5, 0.6) is 5.75 Å². The maximum absolute atomic E-state index is 12.9. The SMILES string of the molecule is Cc1ccc(C)c(OCCC(=O)N[C@@H](C)c2ccc(F)cc2)c1. The van der Waals surface area contributed by atoms with Crippen LogP contribution in [0.15, 0.2) is 42.5 Å². The Morgan fingerprint density at radius 1 is 1.17 bits per heavy atom. The van der Waals surface area contributed by atoms with Crippen LogP contribution in [0.25, 0.3) is 0 Å². The van der Waals surface area contributed by atoms with Gasteiger partial charge in [-0.25, -0.2) is 4.39 Å². The number of benzene rings is 2. The van der Waals surface area contributed by atoms with E-state index in [1.54, 1.807) is 12.1 Å². The molecule has 0 unspecified atom stereocenters. The molecule has 0 saturated carbocycles. The van der Waals surface area contributed by atoms with Crippen LogP contribution in [0, 0.1) is 19.7 Å². The highest BCUT2D eigenvalue weighted by atomic mass is 19.1. The lowest BCUT2D eigenvalue weighted by Gasteiger charge is -2.15. The van der Waals surface area contributed by atoms with E-state index in [2.05, 4.69) is 5.32 Å². The summed E-state index contributed by atoms with van der Waals surface area (Å²) in [4.78, 5) is 12.0. The molecule has 0 bridgehead atoms. The Morgan fingerprint density at radius 3 is 2.57 bits per heavy atom. The summed E-state index contributed by atoms with van der Waals surface area (Å²) in [5, 5.41) is 2.89. The van der Waals surface area contributed by atoms with E-state index in [-0.39, 0.29) is 24.2 Å². The van der Waals surface area contributed by atoms with Crippen LogP contribution >= 0.6 is 0 Å². The van der Waals surface area contributed by atoms with Crippen molar-refractivity contribution in [1.29, 1.82) is 0 Å². The average Bonchev–Trinajstić information content (AvgIpc) is 2.51. The van der Waals surface area contributed by atoms with Gasteiger partial charge in [0.15, 0.2) is 0 Å². The van der Waals surface area contributed by atoms with Gasteiger partial charge in [-0.2, -0.15) is 0 Å². The average molecular weight is 315 g/mol. The molecule has 23 heavy (non-hydrogen) atoms. The molecule has 2 aromatic carbocycles. The number of carbonyl (C=O) groups excluding carboxylic acids is 1. The van der Waals surface area contributed by atoms with Crippen molar-refractivity contribution in [2.24, 2.45) is 0 Å². The largest absolute Gasteiger partial charge is 0.493 e. The van der Waals surface area contributed by atoms with Gasteiger partial charge in [0, 0.05) is 0 Å². The van der Waals surface area contributed by atoms with E-state index in [0.717, 1.165) is 22.4 Å². The first-order valence-corrected chi connectivity index (χ1v) is 7.70. The fraction of sp³-hybridized carbons (Fsp3) is 0.316. The molecular formula is C19H22FNO2. The first-order chi connectivity index (χ1) is 11.0. The van der Waals surface area contributed by atoms with Crippen LogP contribution in [-0.4, -0.2) is 12.5 Å². The van der Waals surface area contributed by atoms with Crippen molar-refractivity contribution in [2.45, 2.75) is 33.2 Å². The van der Waals surface area contributed by atoms with Crippen molar-refractivity contribution >= 4 is 5.91 Å². The van der Waals surface area contributed by atoms with Gasteiger partial charge in [0.1, 0.15) is 11.6 Å². The Labute approximate surface area is 136 Å². The molecule has 0 spiro atoms. The number of halogens is 1. The monoisotopic (exact) mass is 315 g/mol. The summed E-state index contributed by atoms with van der Waals surface area (Å²) < 4.78 is 18.6. The van der Waals surface area contributed by atoms with E-state index in [1.807, 2.05) is 39.0 Å². The van der Waals surface area contributed by atoms with Gasteiger partial charge in [0.2, 0.25) is 5.91 Å². The third-order valence-corrected chi connectivity index (χ3v) is 3.68. The van der Waals surface area contributed by atoms with Gasteiger partial charge in [-0.3, -0.25) is 4.79 Å². The van der Waals surface area contributed by atoms with Crippen LogP contribution in [0.3, 0.4) is 0 Å². The van der Waals surface area contributed by atoms with E-state index < -0.39 is 0 Å². The van der Waals surface area contributed by atoms with Gasteiger partial charge < -0.3 is 10.1 Å². The summed E-state index contributed by atoms with van der Waals surface area (Å²) in [6.45, 7) is 6.18. The van der Waals surface area contributed by atoms with Crippen LogP contribution in [-0.2, 0) is 4.79 Å². The minimum Gasteiger partial charge on any atom is -0.493 e. The smallest absolute Gasteiger partial charge is 0.223 e. The topological polar surface area (TPSA) is 38.3 Å². The summed E-state index contributed by atoms with van der Waals surface area (Å²) in [6.07, 6.45) is 0.277. The van der Waals surface area contributed by atoms with Crippen molar-refractivity contribution in [2.75, 3.05) is 6.61 Å². The zero-order valence-corrected chi connectivity index (χ0v) is 13.7. The molecule has 1 amide bonds. The molecule has 2 aromatic rings. The van der Waals surface area contributed by atoms with Crippen molar-refractivity contribution in [3.63, 3.8) is 0 Å². The number of nitrogens with one attached hydrogen (secondary N) is 1. The quantitative estimate of drug-likeness (QED) is 0.872. The first-order valence-electron chi connectivity index (χ1n) is 7.70. The highest BCUT2D eigenvalue weighted by Gasteiger charge is 2.10. The molecule has 0 fully saturated rings. The number of hydrogen-bond acceptors (Lipinski definition) is 2. The van der Waals surface area contributed by atoms with Crippen molar-refractivity contribution in [3.8, 4) is 5.75 Å². The van der Waals surface area contributed by atoms with Gasteiger partial charge in [0.25, 0.3) is 0 Å². The fourth-order valence-electron chi connectivity index (χ4n) is 2.26. The van der Waals surface area contributed by atoms with Gasteiger partial charge in [0.05, 0.1) is 19.1 Å². The third kappa shape index (κ3) is 5.09. The van der Waals surface area contributed by atoms with Crippen LogP contribution < -0.4 is 10.1 Å². The molecular weight excluding hydrogens is 293 g/mol. The molecule has 0 aliphatic carbocycles. The molecule has 3 nitrogen and oxygen atoms in total. The molecule has 0 aliphatic heterocycles. The molecule has 1 N–H and O–H groups in total. The number of amides is 1. The molecule has 1 atom stereocenters. The highest BCUT2D eigenvalue weighted by Crippen LogP contribution is 2.19. The second kappa shape index (κ2) is 7.77. The summed E-state index contributed by atoms with van der Waals surface area (Å²) >= 11 is 0. The zero-order chi connectivity index (χ0) is 16.8. The van der Waals surface area contributed by atoms with Gasteiger partial charge in [-0.15, -0.1) is 0 Å². The minimum atomic E-state index is -0.283. The Kier molecular flexibility index (Phi) is 5.74. The lowest BCUT2D eigenvalue weighted by Crippen LogP contribution is -2.27. The van der Waals surface area contributed by atoms with Crippen molar-refractivity contribution in [1.82, 2.24) is 5.32 Å². The second-order valence-electron chi connectivity index (χ2n) is 5.71. The lowest BCUT2D eigenvalue weighted by molar-refractivity contribution is -0.122. The number of rotatable bonds is 6. The van der Waals surface area contributed by atoms with E-state index in [9.17, 15) is 9.18 Å². The number of carbonyl (C=O) groups is 1. The van der Waals surface area contributed by atoms with Crippen molar-refractivity contribution in [3.05, 3.63) is 65.0 Å². The first kappa shape index (κ1) is 17.0. The summed E-state index contributed by atoms with van der Waals surface area (Å²) in [7, 11) is 0. The predicted octanol–water partition coefficient (Wildman–Crippen LogP) is 4.09. The van der Waals surface area contributed by atoms with E-state index in [0.29, 0.717) is 6.61 Å². The van der Waals surface area contributed by atoms with Crippen LogP contribution in [0.4, 0.5) is 4.39 Å². The molecule has 4 heteroatoms. The third-order valence-electron chi connectivity index (χ3n) is 3.68. The van der Waals surface area contributed by atoms with E-state index in [4.69, 9.17) is 4.74 Å². The van der Waals surface area contributed by atoms with E-state index in [1.165, 1.54) is 12.1 Å². The van der Waals surface area contributed by atoms with Crippen LogP contribution in [0.2, 0.25) is 0 Å². The standard InChI is InChI=1S/C19H22FNO2/c1-13-4-5-14(2)18(12-13)23-11-10-19(22)21-15(3)16-6-8-17(20)9-7-16/h4-9,12,15H,10-11H2,1-3H3,(H,21,22)/t15-/m0/s1. The van der Waals surface area contributed by atoms with E-state index >= 15 is 0 Å². The van der Waals surface area contributed by atoms with Gasteiger partial charge in [-0.1, -0.05) is 24.3 Å². The highest BCUT2D eigenvalue weighted by molar-refractivity contribution is 5.76. The molecule has 0 heterocycles. The number of aryl methyl sites for hydroxylation is 2. The molecule has 0 radical (unpaired) electrons. The Bertz CT molecular complexity index is 668. The number of hydrogen-bond donors (Lipinski definition) is 1. The van der Waals surface area contributed by atoms with Gasteiger partial charge in [-0.05, 0) is 55.7 Å². The normalized spacial score (nSPS) is 11.8. The molecule has 0 saturated heterocycles. The summed E-state index contributed by atoms with van der Waals surface area (Å²) in [5.41, 5.74) is 3.05. The van der Waals surface area contributed by atoms with Crippen molar-refractivity contribution < 1.29 is 13.9 Å². The zero-order valence-electron chi connectivity index (χ0n) is 13.7. The Morgan fingerprint density at radius 2 is 1.87 bits per heavy atom.